The van der Waals surface area contributed by atoms with Gasteiger partial charge in [0, 0.05) is 18.8 Å². The lowest BCUT2D eigenvalue weighted by Gasteiger charge is -2.40. The van der Waals surface area contributed by atoms with Gasteiger partial charge < -0.3 is 9.69 Å². The molecule has 37 heavy (non-hydrogen) atoms. The Hall–Kier alpha value is -1.51. The summed E-state index contributed by atoms with van der Waals surface area (Å²) >= 11 is 0. The van der Waals surface area contributed by atoms with Gasteiger partial charge >= 0.3 is 0 Å². The van der Waals surface area contributed by atoms with Crippen LogP contribution in [0.2, 0.25) is 0 Å². The van der Waals surface area contributed by atoms with Crippen LogP contribution in [0.15, 0.2) is 23.8 Å². The van der Waals surface area contributed by atoms with Gasteiger partial charge in [-0.05, 0) is 49.4 Å². The highest BCUT2D eigenvalue weighted by atomic mass is 32.2. The highest BCUT2D eigenvalue weighted by Crippen LogP contribution is 2.32. The van der Waals surface area contributed by atoms with Gasteiger partial charge in [0.2, 0.25) is 5.91 Å². The summed E-state index contributed by atoms with van der Waals surface area (Å²) in [6, 6.07) is -0.858. The third-order valence-corrected chi connectivity index (χ3v) is 10.3. The minimum atomic E-state index is -3.28. The molecule has 1 aliphatic heterocycles. The van der Waals surface area contributed by atoms with E-state index in [-0.39, 0.29) is 28.9 Å². The van der Waals surface area contributed by atoms with Crippen molar-refractivity contribution in [2.75, 3.05) is 24.7 Å². The summed E-state index contributed by atoms with van der Waals surface area (Å²) in [7, 11) is -3.28. The van der Waals surface area contributed by atoms with Crippen LogP contribution < -0.4 is 10.6 Å². The number of nitrogens with zero attached hydrogens (tertiary/aromatic N) is 1. The van der Waals surface area contributed by atoms with Crippen LogP contribution >= 0.6 is 0 Å². The van der Waals surface area contributed by atoms with Gasteiger partial charge in [-0.1, -0.05) is 77.7 Å². The topological polar surface area (TPSA) is 95.6 Å². The molecule has 1 heterocycles. The Morgan fingerprint density at radius 1 is 1.22 bits per heavy atom. The highest BCUT2D eigenvalue weighted by Gasteiger charge is 2.43. The van der Waals surface area contributed by atoms with E-state index in [9.17, 15) is 18.0 Å². The lowest BCUT2D eigenvalue weighted by atomic mass is 9.83. The minimum absolute atomic E-state index is 0.0443. The first-order valence-corrected chi connectivity index (χ1v) is 16.0. The zero-order chi connectivity index (χ0) is 27.3. The van der Waals surface area contributed by atoms with E-state index >= 15 is 0 Å². The summed E-state index contributed by atoms with van der Waals surface area (Å²) in [5, 5.41) is 7.00. The summed E-state index contributed by atoms with van der Waals surface area (Å²) in [4.78, 5) is 27.3. The molecule has 2 fully saturated rings. The maximum atomic E-state index is 13.7. The molecular weight excluding hydrogens is 486 g/mol. The Bertz CT molecular complexity index is 958. The average Bonchev–Trinajstić information content (AvgIpc) is 3.26. The molecule has 1 saturated heterocycles. The predicted molar refractivity (Wildman–Crippen MR) is 150 cm³/mol. The fraction of sp³-hybridized carbons (Fsp3) is 0.793. The van der Waals surface area contributed by atoms with Gasteiger partial charge in [-0.2, -0.15) is 0 Å². The SMILES string of the molecule is CC(C)C1CC(C=O)N(C(=O)C(NCNC2(CS(=O)(=O)CC3=CC=CCC3)CCCCC2)C(C)(C)C)C1. The van der Waals surface area contributed by atoms with Gasteiger partial charge in [-0.25, -0.2) is 8.42 Å². The maximum absolute atomic E-state index is 13.7. The molecule has 0 radical (unpaired) electrons. The maximum Gasteiger partial charge on any atom is 0.240 e. The molecular formula is C29H49N3O4S. The predicted octanol–water partition coefficient (Wildman–Crippen LogP) is 4.00. The second kappa shape index (κ2) is 12.6. The number of hydrogen-bond acceptors (Lipinski definition) is 6. The largest absolute Gasteiger partial charge is 0.331 e. The van der Waals surface area contributed by atoms with Crippen LogP contribution in [0.25, 0.3) is 0 Å². The third kappa shape index (κ3) is 8.24. The standard InChI is InChI=1S/C29H49N3O4S/c1-22(2)24-16-25(18-33)32(17-24)27(34)26(28(3,4)5)30-21-31-29(14-10-7-11-15-29)20-37(35,36)19-23-12-8-6-9-13-23/h6,8,12,18,22,24-26,30-31H,7,9-11,13-17,19-21H2,1-5H3. The van der Waals surface area contributed by atoms with Crippen LogP contribution in [0.5, 0.6) is 0 Å². The van der Waals surface area contributed by atoms with E-state index in [0.29, 0.717) is 25.0 Å². The number of sulfone groups is 1. The molecule has 0 aromatic carbocycles. The van der Waals surface area contributed by atoms with Crippen molar-refractivity contribution in [3.63, 3.8) is 0 Å². The van der Waals surface area contributed by atoms with E-state index in [1.807, 2.05) is 32.9 Å². The van der Waals surface area contributed by atoms with Crippen molar-refractivity contribution < 1.29 is 18.0 Å². The van der Waals surface area contributed by atoms with Crippen LogP contribution in [-0.2, 0) is 19.4 Å². The van der Waals surface area contributed by atoms with Crippen molar-refractivity contribution >= 4 is 22.0 Å². The lowest BCUT2D eigenvalue weighted by molar-refractivity contribution is -0.139. The van der Waals surface area contributed by atoms with E-state index < -0.39 is 21.4 Å². The molecule has 3 rings (SSSR count). The number of rotatable bonds is 11. The van der Waals surface area contributed by atoms with Crippen LogP contribution in [0.3, 0.4) is 0 Å². The molecule has 0 bridgehead atoms. The van der Waals surface area contributed by atoms with Crippen LogP contribution in [-0.4, -0.2) is 67.9 Å². The number of aldehydes is 1. The quantitative estimate of drug-likeness (QED) is 0.307. The first-order chi connectivity index (χ1) is 17.4. The molecule has 0 aromatic heterocycles. The Morgan fingerprint density at radius 3 is 2.49 bits per heavy atom. The Balaban J connectivity index is 1.69. The van der Waals surface area contributed by atoms with Gasteiger partial charge in [0.1, 0.15) is 6.29 Å². The summed E-state index contributed by atoms with van der Waals surface area (Å²) in [5.41, 5.74) is 0.136. The van der Waals surface area contributed by atoms with Crippen molar-refractivity contribution in [1.82, 2.24) is 15.5 Å². The number of likely N-dealkylation sites (tertiary alicyclic amines) is 1. The van der Waals surface area contributed by atoms with Gasteiger partial charge in [0.05, 0.1) is 23.6 Å². The number of nitrogens with one attached hydrogen (secondary N) is 2. The molecule has 2 N–H and O–H groups in total. The lowest BCUT2D eigenvalue weighted by Crippen LogP contribution is -2.60. The summed E-state index contributed by atoms with van der Waals surface area (Å²) < 4.78 is 26.5. The molecule has 0 spiro atoms. The Labute approximate surface area is 224 Å². The van der Waals surface area contributed by atoms with Gasteiger partial charge in [-0.15, -0.1) is 0 Å². The van der Waals surface area contributed by atoms with Crippen molar-refractivity contribution in [1.29, 1.82) is 0 Å². The van der Waals surface area contributed by atoms with E-state index in [0.717, 1.165) is 63.2 Å². The zero-order valence-electron chi connectivity index (χ0n) is 23.6. The summed E-state index contributed by atoms with van der Waals surface area (Å²) in [6.07, 6.45) is 14.1. The van der Waals surface area contributed by atoms with E-state index in [4.69, 9.17) is 0 Å². The molecule has 3 unspecified atom stereocenters. The van der Waals surface area contributed by atoms with E-state index in [1.54, 1.807) is 4.90 Å². The highest BCUT2D eigenvalue weighted by molar-refractivity contribution is 7.91. The second-order valence-corrected chi connectivity index (χ2v) is 15.0. The van der Waals surface area contributed by atoms with Gasteiger partial charge in [0.25, 0.3) is 0 Å². The molecule has 7 nitrogen and oxygen atoms in total. The van der Waals surface area contributed by atoms with Crippen molar-refractivity contribution in [2.24, 2.45) is 17.3 Å². The number of allylic oxidation sites excluding steroid dienone is 3. The smallest absolute Gasteiger partial charge is 0.240 e. The number of carbonyl (C=O) groups excluding carboxylic acids is 2. The molecule has 0 aromatic rings. The fourth-order valence-electron chi connectivity index (χ4n) is 6.16. The summed E-state index contributed by atoms with van der Waals surface area (Å²) in [5.74, 6) is 0.930. The van der Waals surface area contributed by atoms with Crippen LogP contribution in [0.1, 0.15) is 86.0 Å². The van der Waals surface area contributed by atoms with E-state index in [1.165, 1.54) is 0 Å². The monoisotopic (exact) mass is 535 g/mol. The van der Waals surface area contributed by atoms with Crippen molar-refractivity contribution in [3.05, 3.63) is 23.8 Å². The molecule has 2 aliphatic carbocycles. The first kappa shape index (κ1) is 30.0. The molecule has 1 saturated carbocycles. The molecule has 3 aliphatic rings. The number of carbonyl (C=O) groups is 2. The number of amides is 1. The Morgan fingerprint density at radius 2 is 1.92 bits per heavy atom. The summed E-state index contributed by atoms with van der Waals surface area (Å²) in [6.45, 7) is 11.3. The normalized spacial score (nSPS) is 25.2. The molecule has 8 heteroatoms. The number of hydrogen-bond donors (Lipinski definition) is 2. The minimum Gasteiger partial charge on any atom is -0.331 e. The van der Waals surface area contributed by atoms with Crippen LogP contribution in [0, 0.1) is 17.3 Å². The Kier molecular flexibility index (Phi) is 10.2. The fourth-order valence-corrected chi connectivity index (χ4v) is 8.30. The van der Waals surface area contributed by atoms with Gasteiger partial charge in [-0.3, -0.25) is 15.4 Å². The molecule has 210 valence electrons. The first-order valence-electron chi connectivity index (χ1n) is 14.1. The van der Waals surface area contributed by atoms with E-state index in [2.05, 4.69) is 30.6 Å². The molecule has 1 amide bonds. The zero-order valence-corrected chi connectivity index (χ0v) is 24.4. The average molecular weight is 536 g/mol. The molecule has 3 atom stereocenters. The van der Waals surface area contributed by atoms with Crippen LogP contribution in [0.4, 0.5) is 0 Å². The van der Waals surface area contributed by atoms with Gasteiger partial charge in [0.15, 0.2) is 9.84 Å². The second-order valence-electron chi connectivity index (χ2n) is 13.0. The van der Waals surface area contributed by atoms with Crippen molar-refractivity contribution in [3.8, 4) is 0 Å². The van der Waals surface area contributed by atoms with Crippen molar-refractivity contribution in [2.45, 2.75) is 104 Å². The third-order valence-electron chi connectivity index (χ3n) is 8.45.